The van der Waals surface area contributed by atoms with Crippen LogP contribution in [0.1, 0.15) is 103 Å². The van der Waals surface area contributed by atoms with E-state index in [1.165, 1.54) is 0 Å². The van der Waals surface area contributed by atoms with Crippen LogP contribution in [0.3, 0.4) is 0 Å². The number of hydrogen-bond acceptors (Lipinski definition) is 5. The van der Waals surface area contributed by atoms with Crippen LogP contribution in [0.15, 0.2) is 0 Å². The van der Waals surface area contributed by atoms with Gasteiger partial charge in [0.25, 0.3) is 0 Å². The van der Waals surface area contributed by atoms with E-state index in [1.807, 2.05) is 0 Å². The van der Waals surface area contributed by atoms with Gasteiger partial charge in [-0.15, -0.1) is 0 Å². The quantitative estimate of drug-likeness (QED) is 0.539. The van der Waals surface area contributed by atoms with E-state index >= 15 is 0 Å². The first kappa shape index (κ1) is 26.4. The maximum Gasteiger partial charge on any atom is 0.223 e. The summed E-state index contributed by atoms with van der Waals surface area (Å²) in [6.45, 7) is 1.24. The molecule has 0 aromatic heterocycles. The topological polar surface area (TPSA) is 113 Å². The summed E-state index contributed by atoms with van der Waals surface area (Å²) >= 11 is 0. The zero-order valence-electron chi connectivity index (χ0n) is 20.4. The molecule has 8 nitrogen and oxygen atoms in total. The first-order valence-corrected chi connectivity index (χ1v) is 16.6. The first-order chi connectivity index (χ1) is 16.3. The van der Waals surface area contributed by atoms with E-state index in [2.05, 4.69) is 10.0 Å². The Balaban J connectivity index is 1.29. The summed E-state index contributed by atoms with van der Waals surface area (Å²) in [5.41, 5.74) is 0. The fourth-order valence-corrected chi connectivity index (χ4v) is 10.4. The summed E-state index contributed by atoms with van der Waals surface area (Å²) in [7, 11) is -6.66. The highest BCUT2D eigenvalue weighted by Crippen LogP contribution is 2.31. The number of sulfonamides is 2. The fourth-order valence-electron chi connectivity index (χ4n) is 6.43. The predicted octanol–water partition coefficient (Wildman–Crippen LogP) is 3.04. The number of carbonyl (C=O) groups excluding carboxylic acids is 1. The van der Waals surface area contributed by atoms with Crippen LogP contribution in [0.4, 0.5) is 0 Å². The summed E-state index contributed by atoms with van der Waals surface area (Å²) in [6.07, 6.45) is 13.1. The van der Waals surface area contributed by atoms with Gasteiger partial charge in [0.15, 0.2) is 0 Å². The molecule has 0 aromatic carbocycles. The summed E-state index contributed by atoms with van der Waals surface area (Å²) in [4.78, 5) is 13.1. The Hall–Kier alpha value is -0.710. The average Bonchev–Trinajstić information content (AvgIpc) is 2.85. The van der Waals surface area contributed by atoms with Gasteiger partial charge >= 0.3 is 0 Å². The third-order valence-corrected chi connectivity index (χ3v) is 12.8. The third kappa shape index (κ3) is 6.53. The minimum absolute atomic E-state index is 0.0393. The first-order valence-electron chi connectivity index (χ1n) is 13.6. The molecule has 3 saturated carbocycles. The van der Waals surface area contributed by atoms with E-state index in [-0.39, 0.29) is 29.2 Å². The molecule has 4 atom stereocenters. The maximum absolute atomic E-state index is 13.1. The third-order valence-electron chi connectivity index (χ3n) is 8.44. The molecule has 2 N–H and O–H groups in total. The van der Waals surface area contributed by atoms with E-state index in [4.69, 9.17) is 0 Å². The maximum atomic E-state index is 13.1. The lowest BCUT2D eigenvalue weighted by molar-refractivity contribution is -0.127. The Morgan fingerprint density at radius 3 is 2.00 bits per heavy atom. The molecule has 0 bridgehead atoms. The van der Waals surface area contributed by atoms with Crippen LogP contribution in [-0.4, -0.2) is 62.7 Å². The van der Waals surface area contributed by atoms with Gasteiger partial charge in [0.05, 0.1) is 10.5 Å². The van der Waals surface area contributed by atoms with Crippen molar-refractivity contribution in [1.82, 2.24) is 14.3 Å². The number of carbonyl (C=O) groups is 1. The van der Waals surface area contributed by atoms with Crippen molar-refractivity contribution in [3.8, 4) is 0 Å². The second-order valence-electron chi connectivity index (χ2n) is 11.0. The molecule has 4 fully saturated rings. The van der Waals surface area contributed by atoms with Crippen LogP contribution in [-0.2, 0) is 24.8 Å². The number of rotatable bonds is 7. The number of amides is 1. The van der Waals surface area contributed by atoms with Gasteiger partial charge in [-0.25, -0.2) is 25.9 Å². The molecule has 4 aliphatic rings. The molecule has 0 spiro atoms. The van der Waals surface area contributed by atoms with Crippen molar-refractivity contribution in [3.05, 3.63) is 0 Å². The summed E-state index contributed by atoms with van der Waals surface area (Å²) < 4.78 is 56.5. The minimum atomic E-state index is -3.35. The lowest BCUT2D eigenvalue weighted by Crippen LogP contribution is -2.49. The zero-order chi connectivity index (χ0) is 24.2. The van der Waals surface area contributed by atoms with Gasteiger partial charge in [0, 0.05) is 31.1 Å². The SMILES string of the molecule is O=C(NC1CCCC(S(=O)(=O)N2CCCCC2)C1)C1CCCC(NS(=O)(=O)C2CCCCC2)C1. The smallest absolute Gasteiger partial charge is 0.223 e. The van der Waals surface area contributed by atoms with Crippen molar-refractivity contribution < 1.29 is 21.6 Å². The fraction of sp³-hybridized carbons (Fsp3) is 0.958. The molecule has 4 unspecified atom stereocenters. The van der Waals surface area contributed by atoms with Gasteiger partial charge in [-0.1, -0.05) is 38.5 Å². The van der Waals surface area contributed by atoms with Crippen molar-refractivity contribution in [2.45, 2.75) is 125 Å². The molecule has 1 saturated heterocycles. The molecule has 0 aromatic rings. The summed E-state index contributed by atoms with van der Waals surface area (Å²) in [5.74, 6) is -0.255. The van der Waals surface area contributed by atoms with E-state index in [0.717, 1.165) is 83.5 Å². The standard InChI is InChI=1S/C24H43N3O5S2/c28-24(19-9-7-11-21(17-19)26-33(29,30)22-12-3-1-4-13-22)25-20-10-8-14-23(18-20)34(31,32)27-15-5-2-6-16-27/h19-23,26H,1-18H2,(H,25,28). The van der Waals surface area contributed by atoms with Crippen LogP contribution >= 0.6 is 0 Å². The molecule has 4 rings (SSSR count). The number of nitrogens with zero attached hydrogens (tertiary/aromatic N) is 1. The van der Waals surface area contributed by atoms with Crippen LogP contribution in [0.5, 0.6) is 0 Å². The van der Waals surface area contributed by atoms with E-state index < -0.39 is 25.3 Å². The Kier molecular flexibility index (Phi) is 8.96. The van der Waals surface area contributed by atoms with Crippen LogP contribution < -0.4 is 10.0 Å². The molecule has 34 heavy (non-hydrogen) atoms. The van der Waals surface area contributed by atoms with Gasteiger partial charge in [0.2, 0.25) is 26.0 Å². The Bertz CT molecular complexity index is 896. The molecule has 10 heteroatoms. The normalized spacial score (nSPS) is 32.8. The van der Waals surface area contributed by atoms with Gasteiger partial charge in [-0.05, 0) is 64.2 Å². The van der Waals surface area contributed by atoms with E-state index in [9.17, 15) is 21.6 Å². The van der Waals surface area contributed by atoms with Crippen molar-refractivity contribution in [2.75, 3.05) is 13.1 Å². The summed E-state index contributed by atoms with van der Waals surface area (Å²) in [6, 6.07) is -0.305. The van der Waals surface area contributed by atoms with Crippen molar-refractivity contribution in [1.29, 1.82) is 0 Å². The van der Waals surface area contributed by atoms with E-state index in [0.29, 0.717) is 32.4 Å². The molecular formula is C24H43N3O5S2. The monoisotopic (exact) mass is 517 g/mol. The van der Waals surface area contributed by atoms with E-state index in [1.54, 1.807) is 4.31 Å². The predicted molar refractivity (Wildman–Crippen MR) is 133 cm³/mol. The highest BCUT2D eigenvalue weighted by atomic mass is 32.2. The van der Waals surface area contributed by atoms with Crippen LogP contribution in [0.2, 0.25) is 0 Å². The second kappa shape index (κ2) is 11.6. The Labute approximate surface area is 206 Å². The van der Waals surface area contributed by atoms with Gasteiger partial charge < -0.3 is 5.32 Å². The molecule has 1 heterocycles. The lowest BCUT2D eigenvalue weighted by atomic mass is 9.85. The largest absolute Gasteiger partial charge is 0.353 e. The van der Waals surface area contributed by atoms with Crippen molar-refractivity contribution >= 4 is 26.0 Å². The molecular weight excluding hydrogens is 474 g/mol. The van der Waals surface area contributed by atoms with Crippen molar-refractivity contribution in [3.63, 3.8) is 0 Å². The van der Waals surface area contributed by atoms with Gasteiger partial charge in [0.1, 0.15) is 0 Å². The zero-order valence-corrected chi connectivity index (χ0v) is 22.1. The number of piperidine rings is 1. The van der Waals surface area contributed by atoms with Crippen molar-refractivity contribution in [2.24, 2.45) is 5.92 Å². The highest BCUT2D eigenvalue weighted by Gasteiger charge is 2.38. The summed E-state index contributed by atoms with van der Waals surface area (Å²) in [5, 5.41) is 2.44. The Morgan fingerprint density at radius 1 is 0.647 bits per heavy atom. The van der Waals surface area contributed by atoms with Crippen LogP contribution in [0.25, 0.3) is 0 Å². The molecule has 1 aliphatic heterocycles. The molecule has 3 aliphatic carbocycles. The lowest BCUT2D eigenvalue weighted by Gasteiger charge is -2.36. The van der Waals surface area contributed by atoms with Gasteiger partial charge in [-0.2, -0.15) is 0 Å². The highest BCUT2D eigenvalue weighted by molar-refractivity contribution is 7.90. The molecule has 196 valence electrons. The number of nitrogens with one attached hydrogen (secondary N) is 2. The second-order valence-corrected chi connectivity index (χ2v) is 15.2. The molecule has 0 radical (unpaired) electrons. The minimum Gasteiger partial charge on any atom is -0.353 e. The number of hydrogen-bond donors (Lipinski definition) is 2. The Morgan fingerprint density at radius 2 is 1.26 bits per heavy atom. The van der Waals surface area contributed by atoms with Crippen LogP contribution in [0, 0.1) is 5.92 Å². The average molecular weight is 518 g/mol. The molecule has 1 amide bonds. The van der Waals surface area contributed by atoms with Gasteiger partial charge in [-0.3, -0.25) is 4.79 Å².